The summed E-state index contributed by atoms with van der Waals surface area (Å²) in [6.07, 6.45) is 0. The number of carbonyl (C=O) groups excluding carboxylic acids is 3. The molecule has 0 aromatic heterocycles. The van der Waals surface area contributed by atoms with Crippen molar-refractivity contribution in [1.82, 2.24) is 14.9 Å². The summed E-state index contributed by atoms with van der Waals surface area (Å²) in [5.74, 6) is -1.89. The van der Waals surface area contributed by atoms with Crippen LogP contribution in [-0.4, -0.2) is 62.9 Å². The molecule has 0 aliphatic rings. The maximum atomic E-state index is 12.3. The van der Waals surface area contributed by atoms with E-state index < -0.39 is 40.1 Å². The van der Waals surface area contributed by atoms with Crippen molar-refractivity contribution in [1.29, 1.82) is 0 Å². The van der Waals surface area contributed by atoms with Crippen molar-refractivity contribution in [3.8, 4) is 0 Å². The minimum absolute atomic E-state index is 0.0674. The van der Waals surface area contributed by atoms with Gasteiger partial charge in [0.2, 0.25) is 15.9 Å². The molecule has 29 heavy (non-hydrogen) atoms. The van der Waals surface area contributed by atoms with Gasteiger partial charge in [-0.1, -0.05) is 11.6 Å². The highest BCUT2D eigenvalue weighted by Gasteiger charge is 2.24. The second-order valence-electron chi connectivity index (χ2n) is 7.45. The molecule has 0 aliphatic carbocycles. The van der Waals surface area contributed by atoms with Crippen molar-refractivity contribution in [3.63, 3.8) is 0 Å². The van der Waals surface area contributed by atoms with Crippen LogP contribution in [-0.2, 0) is 29.1 Å². The van der Waals surface area contributed by atoms with E-state index in [9.17, 15) is 22.8 Å². The van der Waals surface area contributed by atoms with E-state index in [4.69, 9.17) is 16.3 Å². The Morgan fingerprint density at radius 1 is 1.17 bits per heavy atom. The average molecular weight is 448 g/mol. The summed E-state index contributed by atoms with van der Waals surface area (Å²) in [4.78, 5) is 36.9. The highest BCUT2D eigenvalue weighted by molar-refractivity contribution is 7.89. The van der Waals surface area contributed by atoms with Gasteiger partial charge in [-0.3, -0.25) is 14.4 Å². The lowest BCUT2D eigenvalue weighted by molar-refractivity contribution is -0.153. The van der Waals surface area contributed by atoms with E-state index in [1.54, 1.807) is 20.8 Å². The Balaban J connectivity index is 2.55. The standard InChI is InChI=1S/C18H26ClN3O6S/c1-12(21-29(26,27)14-8-6-13(19)7-9-14)17(25)28-11-16(24)22(5)10-15(23)20-18(2,3)4/h6-9,12,21H,10-11H2,1-5H3,(H,20,23)/t12-/m0/s1. The topological polar surface area (TPSA) is 122 Å². The second kappa shape index (κ2) is 10.0. The first-order valence-electron chi connectivity index (χ1n) is 8.71. The van der Waals surface area contributed by atoms with Gasteiger partial charge in [0.25, 0.3) is 5.91 Å². The number of likely N-dealkylation sites (N-methyl/N-ethyl adjacent to an activating group) is 1. The third kappa shape index (κ3) is 8.80. The van der Waals surface area contributed by atoms with Gasteiger partial charge in [-0.15, -0.1) is 0 Å². The lowest BCUT2D eigenvalue weighted by Crippen LogP contribution is -2.47. The van der Waals surface area contributed by atoms with Crippen LogP contribution in [0, 0.1) is 0 Å². The van der Waals surface area contributed by atoms with Gasteiger partial charge in [0.05, 0.1) is 11.4 Å². The summed E-state index contributed by atoms with van der Waals surface area (Å²) in [7, 11) is -2.57. The third-order valence-corrected chi connectivity index (χ3v) is 5.28. The van der Waals surface area contributed by atoms with Gasteiger partial charge in [0.1, 0.15) is 6.04 Å². The van der Waals surface area contributed by atoms with Crippen molar-refractivity contribution >= 4 is 39.4 Å². The number of nitrogens with zero attached hydrogens (tertiary/aromatic N) is 1. The lowest BCUT2D eigenvalue weighted by Gasteiger charge is -2.23. The molecule has 0 bridgehead atoms. The average Bonchev–Trinajstić information content (AvgIpc) is 2.57. The molecule has 0 saturated carbocycles. The SMILES string of the molecule is C[C@H](NS(=O)(=O)c1ccc(Cl)cc1)C(=O)OCC(=O)N(C)CC(=O)NC(C)(C)C. The lowest BCUT2D eigenvalue weighted by atomic mass is 10.1. The molecule has 0 aliphatic heterocycles. The number of esters is 1. The molecule has 0 heterocycles. The quantitative estimate of drug-likeness (QED) is 0.571. The Kier molecular flexibility index (Phi) is 8.61. The van der Waals surface area contributed by atoms with Crippen molar-refractivity contribution in [3.05, 3.63) is 29.3 Å². The summed E-state index contributed by atoms with van der Waals surface area (Å²) in [5, 5.41) is 3.08. The molecule has 1 aromatic carbocycles. The Hall–Kier alpha value is -2.17. The van der Waals surface area contributed by atoms with Gasteiger partial charge in [-0.2, -0.15) is 4.72 Å². The Morgan fingerprint density at radius 2 is 1.72 bits per heavy atom. The summed E-state index contributed by atoms with van der Waals surface area (Å²) in [5.41, 5.74) is -0.440. The molecule has 1 rings (SSSR count). The van der Waals surface area contributed by atoms with Gasteiger partial charge < -0.3 is 15.0 Å². The molecule has 11 heteroatoms. The number of nitrogens with one attached hydrogen (secondary N) is 2. The van der Waals surface area contributed by atoms with Gasteiger partial charge in [-0.25, -0.2) is 8.42 Å². The van der Waals surface area contributed by atoms with Crippen molar-refractivity contribution in [2.45, 2.75) is 44.2 Å². The Labute approximate surface area is 175 Å². The molecular weight excluding hydrogens is 422 g/mol. The zero-order valence-electron chi connectivity index (χ0n) is 17.0. The summed E-state index contributed by atoms with van der Waals surface area (Å²) >= 11 is 5.73. The first-order valence-corrected chi connectivity index (χ1v) is 10.6. The number of amides is 2. The third-order valence-electron chi connectivity index (χ3n) is 3.47. The molecule has 9 nitrogen and oxygen atoms in total. The molecule has 1 atom stereocenters. The number of halogens is 1. The molecule has 0 radical (unpaired) electrons. The van der Waals surface area contributed by atoms with E-state index in [0.29, 0.717) is 5.02 Å². The number of sulfonamides is 1. The fourth-order valence-electron chi connectivity index (χ4n) is 2.09. The first-order chi connectivity index (χ1) is 13.2. The van der Waals surface area contributed by atoms with E-state index in [2.05, 4.69) is 10.0 Å². The van der Waals surface area contributed by atoms with Gasteiger partial charge >= 0.3 is 5.97 Å². The summed E-state index contributed by atoms with van der Waals surface area (Å²) < 4.78 is 31.5. The molecule has 162 valence electrons. The van der Waals surface area contributed by atoms with E-state index in [0.717, 1.165) is 4.90 Å². The van der Waals surface area contributed by atoms with Gasteiger partial charge in [0.15, 0.2) is 6.61 Å². The Bertz CT molecular complexity index is 849. The maximum absolute atomic E-state index is 12.3. The molecule has 0 spiro atoms. The normalized spacial score (nSPS) is 12.8. The number of rotatable bonds is 8. The Morgan fingerprint density at radius 3 is 2.24 bits per heavy atom. The van der Waals surface area contributed by atoms with Crippen LogP contribution in [0.3, 0.4) is 0 Å². The molecular formula is C18H26ClN3O6S. The first kappa shape index (κ1) is 24.9. The molecule has 0 unspecified atom stereocenters. The van der Waals surface area contributed by atoms with E-state index in [1.807, 2.05) is 0 Å². The van der Waals surface area contributed by atoms with Crippen molar-refractivity contribution < 1.29 is 27.5 Å². The van der Waals surface area contributed by atoms with E-state index in [1.165, 1.54) is 38.2 Å². The minimum atomic E-state index is -3.97. The minimum Gasteiger partial charge on any atom is -0.454 e. The molecule has 0 fully saturated rings. The molecule has 1 aromatic rings. The predicted octanol–water partition coefficient (Wildman–Crippen LogP) is 0.923. The number of carbonyl (C=O) groups is 3. The van der Waals surface area contributed by atoms with E-state index >= 15 is 0 Å². The largest absolute Gasteiger partial charge is 0.454 e. The number of ether oxygens (including phenoxy) is 1. The van der Waals surface area contributed by atoms with Crippen LogP contribution in [0.15, 0.2) is 29.2 Å². The number of hydrogen-bond acceptors (Lipinski definition) is 6. The second-order valence-corrected chi connectivity index (χ2v) is 9.60. The van der Waals surface area contributed by atoms with Crippen LogP contribution in [0.4, 0.5) is 0 Å². The fraction of sp³-hybridized carbons (Fsp3) is 0.500. The maximum Gasteiger partial charge on any atom is 0.324 e. The van der Waals surface area contributed by atoms with Crippen LogP contribution in [0.5, 0.6) is 0 Å². The summed E-state index contributed by atoms with van der Waals surface area (Å²) in [6, 6.07) is 4.18. The smallest absolute Gasteiger partial charge is 0.324 e. The zero-order valence-corrected chi connectivity index (χ0v) is 18.6. The number of benzene rings is 1. The molecule has 2 amide bonds. The van der Waals surface area contributed by atoms with Crippen LogP contribution >= 0.6 is 11.6 Å². The van der Waals surface area contributed by atoms with Crippen LogP contribution in [0.25, 0.3) is 0 Å². The van der Waals surface area contributed by atoms with Crippen molar-refractivity contribution in [2.75, 3.05) is 20.2 Å². The molecule has 0 saturated heterocycles. The highest BCUT2D eigenvalue weighted by atomic mass is 35.5. The summed E-state index contributed by atoms with van der Waals surface area (Å²) in [6.45, 7) is 5.89. The zero-order chi connectivity index (χ0) is 22.4. The fourth-order valence-corrected chi connectivity index (χ4v) is 3.41. The van der Waals surface area contributed by atoms with Gasteiger partial charge in [0, 0.05) is 17.6 Å². The predicted molar refractivity (Wildman–Crippen MR) is 108 cm³/mol. The van der Waals surface area contributed by atoms with Gasteiger partial charge in [-0.05, 0) is 52.0 Å². The van der Waals surface area contributed by atoms with Crippen LogP contribution in [0.2, 0.25) is 5.02 Å². The monoisotopic (exact) mass is 447 g/mol. The van der Waals surface area contributed by atoms with E-state index in [-0.39, 0.29) is 17.3 Å². The molecule has 2 N–H and O–H groups in total. The highest BCUT2D eigenvalue weighted by Crippen LogP contribution is 2.14. The van der Waals surface area contributed by atoms with Crippen LogP contribution < -0.4 is 10.0 Å². The van der Waals surface area contributed by atoms with Crippen molar-refractivity contribution in [2.24, 2.45) is 0 Å². The van der Waals surface area contributed by atoms with Crippen LogP contribution in [0.1, 0.15) is 27.7 Å². The number of hydrogen-bond donors (Lipinski definition) is 2.